The van der Waals surface area contributed by atoms with Crippen molar-refractivity contribution in [2.45, 2.75) is 0 Å². The van der Waals surface area contributed by atoms with Crippen LogP contribution in [0.1, 0.15) is 0 Å². The van der Waals surface area contributed by atoms with E-state index < -0.39 is 0 Å². The molecule has 0 saturated carbocycles. The molecule has 1 aliphatic rings. The van der Waals surface area contributed by atoms with Crippen molar-refractivity contribution in [3.8, 4) is 11.4 Å². The van der Waals surface area contributed by atoms with Gasteiger partial charge in [-0.15, -0.1) is 0 Å². The van der Waals surface area contributed by atoms with Gasteiger partial charge in [0.15, 0.2) is 0 Å². The van der Waals surface area contributed by atoms with Gasteiger partial charge in [0.1, 0.15) is 5.75 Å². The third-order valence-corrected chi connectivity index (χ3v) is 6.33. The molecule has 5 rings (SSSR count). The van der Waals surface area contributed by atoms with Gasteiger partial charge in [0, 0.05) is 50.3 Å². The Morgan fingerprint density at radius 1 is 1.09 bits per heavy atom. The summed E-state index contributed by atoms with van der Waals surface area (Å²) in [6, 6.07) is 12.7. The van der Waals surface area contributed by atoms with Gasteiger partial charge in [0.05, 0.1) is 39.4 Å². The lowest BCUT2D eigenvalue weighted by Gasteiger charge is -2.30. The van der Waals surface area contributed by atoms with Gasteiger partial charge in [-0.1, -0.05) is 29.3 Å². The third-order valence-electron chi connectivity index (χ3n) is 5.72. The molecule has 3 heterocycles. The highest BCUT2D eigenvalue weighted by molar-refractivity contribution is 6.37. The standard InChI is InChI=1S/C24H22Cl2N6O2/c1-34-21-13-15(5-6-20(21)31-11-8-27-9-12-31)29-24-28-14-16-19(30-24)7-10-32(23(16)33)22-17(25)3-2-4-18(22)26/h2-7,10,13-14,27H,8-9,11-12H2,1H3,(H,28,29,30). The van der Waals surface area contributed by atoms with Crippen molar-refractivity contribution < 1.29 is 4.74 Å². The first kappa shape index (κ1) is 22.5. The normalized spacial score (nSPS) is 13.8. The van der Waals surface area contributed by atoms with Crippen molar-refractivity contribution in [1.29, 1.82) is 0 Å². The van der Waals surface area contributed by atoms with Crippen molar-refractivity contribution in [2.24, 2.45) is 0 Å². The minimum atomic E-state index is -0.305. The summed E-state index contributed by atoms with van der Waals surface area (Å²) < 4.78 is 7.03. The summed E-state index contributed by atoms with van der Waals surface area (Å²) in [4.78, 5) is 24.3. The molecule has 0 radical (unpaired) electrons. The predicted octanol–water partition coefficient (Wildman–Crippen LogP) is 4.25. The lowest BCUT2D eigenvalue weighted by atomic mass is 10.2. The van der Waals surface area contributed by atoms with Crippen LogP contribution >= 0.6 is 23.2 Å². The number of hydrogen-bond donors (Lipinski definition) is 2. The van der Waals surface area contributed by atoms with Crippen LogP contribution in [-0.4, -0.2) is 47.8 Å². The second-order valence-electron chi connectivity index (χ2n) is 7.80. The molecular formula is C24H22Cl2N6O2. The van der Waals surface area contributed by atoms with Gasteiger partial charge in [-0.2, -0.15) is 0 Å². The van der Waals surface area contributed by atoms with E-state index >= 15 is 0 Å². The van der Waals surface area contributed by atoms with Crippen LogP contribution < -0.4 is 25.8 Å². The number of anilines is 3. The Bertz CT molecular complexity index is 1400. The van der Waals surface area contributed by atoms with Gasteiger partial charge in [0.2, 0.25) is 5.95 Å². The molecular weight excluding hydrogens is 475 g/mol. The molecule has 1 aliphatic heterocycles. The van der Waals surface area contributed by atoms with E-state index in [-0.39, 0.29) is 5.56 Å². The smallest absolute Gasteiger partial charge is 0.266 e. The van der Waals surface area contributed by atoms with Crippen LogP contribution in [0.4, 0.5) is 17.3 Å². The number of fused-ring (bicyclic) bond motifs is 1. The molecule has 0 aliphatic carbocycles. The number of piperazine rings is 1. The Morgan fingerprint density at radius 2 is 1.85 bits per heavy atom. The molecule has 2 aromatic heterocycles. The Hall–Kier alpha value is -3.33. The summed E-state index contributed by atoms with van der Waals surface area (Å²) in [5.41, 5.74) is 2.46. The predicted molar refractivity (Wildman–Crippen MR) is 137 cm³/mol. The van der Waals surface area contributed by atoms with Crippen LogP contribution in [0.5, 0.6) is 5.75 Å². The average molecular weight is 497 g/mol. The molecule has 2 N–H and O–H groups in total. The number of ether oxygens (including phenoxy) is 1. The summed E-state index contributed by atoms with van der Waals surface area (Å²) in [6.45, 7) is 3.73. The van der Waals surface area contributed by atoms with Gasteiger partial charge >= 0.3 is 0 Å². The number of nitrogens with one attached hydrogen (secondary N) is 2. The lowest BCUT2D eigenvalue weighted by Crippen LogP contribution is -2.43. The van der Waals surface area contributed by atoms with E-state index in [1.54, 1.807) is 37.6 Å². The van der Waals surface area contributed by atoms with E-state index in [0.717, 1.165) is 43.3 Å². The first-order chi connectivity index (χ1) is 16.5. The highest BCUT2D eigenvalue weighted by Gasteiger charge is 2.16. The van der Waals surface area contributed by atoms with Crippen LogP contribution in [0.2, 0.25) is 10.0 Å². The zero-order valence-electron chi connectivity index (χ0n) is 18.4. The Balaban J connectivity index is 1.45. The Kier molecular flexibility index (Phi) is 6.28. The molecule has 10 heteroatoms. The van der Waals surface area contributed by atoms with Crippen LogP contribution in [-0.2, 0) is 0 Å². The average Bonchev–Trinajstić information content (AvgIpc) is 2.85. The lowest BCUT2D eigenvalue weighted by molar-refractivity contribution is 0.413. The van der Waals surface area contributed by atoms with E-state index in [2.05, 4.69) is 25.5 Å². The van der Waals surface area contributed by atoms with E-state index in [4.69, 9.17) is 27.9 Å². The number of nitrogens with zero attached hydrogens (tertiary/aromatic N) is 4. The van der Waals surface area contributed by atoms with Gasteiger partial charge in [-0.05, 0) is 30.3 Å². The minimum Gasteiger partial charge on any atom is -0.495 e. The molecule has 1 saturated heterocycles. The van der Waals surface area contributed by atoms with E-state index in [1.807, 2.05) is 18.2 Å². The molecule has 0 unspecified atom stereocenters. The quantitative estimate of drug-likeness (QED) is 0.427. The topological polar surface area (TPSA) is 84.3 Å². The van der Waals surface area contributed by atoms with Crippen molar-refractivity contribution in [3.63, 3.8) is 0 Å². The van der Waals surface area contributed by atoms with Crippen molar-refractivity contribution in [2.75, 3.05) is 43.5 Å². The van der Waals surface area contributed by atoms with E-state index in [0.29, 0.717) is 32.6 Å². The number of rotatable bonds is 5. The van der Waals surface area contributed by atoms with Gasteiger partial charge in [-0.3, -0.25) is 9.36 Å². The summed E-state index contributed by atoms with van der Waals surface area (Å²) >= 11 is 12.6. The first-order valence-electron chi connectivity index (χ1n) is 10.8. The van der Waals surface area contributed by atoms with Crippen molar-refractivity contribution in [3.05, 3.63) is 75.3 Å². The molecule has 8 nitrogen and oxygen atoms in total. The SMILES string of the molecule is COc1cc(Nc2ncc3c(=O)n(-c4c(Cl)cccc4Cl)ccc3n2)ccc1N1CCNCC1. The zero-order chi connectivity index (χ0) is 23.7. The maximum absolute atomic E-state index is 13.1. The Morgan fingerprint density at radius 3 is 2.59 bits per heavy atom. The molecule has 2 aromatic carbocycles. The molecule has 0 atom stereocenters. The minimum absolute atomic E-state index is 0.305. The van der Waals surface area contributed by atoms with Gasteiger partial charge in [-0.25, -0.2) is 9.97 Å². The Labute approximate surface area is 206 Å². The number of benzene rings is 2. The largest absolute Gasteiger partial charge is 0.495 e. The highest BCUT2D eigenvalue weighted by Crippen LogP contribution is 2.32. The number of halogens is 2. The molecule has 0 bridgehead atoms. The summed E-state index contributed by atoms with van der Waals surface area (Å²) in [5, 5.41) is 7.67. The summed E-state index contributed by atoms with van der Waals surface area (Å²) in [7, 11) is 1.66. The molecule has 34 heavy (non-hydrogen) atoms. The number of methoxy groups -OCH3 is 1. The van der Waals surface area contributed by atoms with Crippen molar-refractivity contribution >= 4 is 51.4 Å². The first-order valence-corrected chi connectivity index (χ1v) is 11.5. The fraction of sp³-hybridized carbons (Fsp3) is 0.208. The fourth-order valence-electron chi connectivity index (χ4n) is 4.04. The second kappa shape index (κ2) is 9.50. The van der Waals surface area contributed by atoms with Crippen LogP contribution in [0.15, 0.2) is 59.7 Å². The number of aromatic nitrogens is 3. The third kappa shape index (κ3) is 4.27. The number of pyridine rings is 1. The summed E-state index contributed by atoms with van der Waals surface area (Å²) in [5.74, 6) is 1.14. The van der Waals surface area contributed by atoms with Gasteiger partial charge < -0.3 is 20.3 Å². The monoisotopic (exact) mass is 496 g/mol. The maximum Gasteiger partial charge on any atom is 0.266 e. The molecule has 1 fully saturated rings. The molecule has 0 amide bonds. The highest BCUT2D eigenvalue weighted by atomic mass is 35.5. The molecule has 4 aromatic rings. The number of hydrogen-bond acceptors (Lipinski definition) is 7. The second-order valence-corrected chi connectivity index (χ2v) is 8.62. The number of para-hydroxylation sites is 1. The van der Waals surface area contributed by atoms with Crippen molar-refractivity contribution in [1.82, 2.24) is 19.9 Å². The fourth-order valence-corrected chi connectivity index (χ4v) is 4.62. The maximum atomic E-state index is 13.1. The molecule has 0 spiro atoms. The molecule has 174 valence electrons. The van der Waals surface area contributed by atoms with Gasteiger partial charge in [0.25, 0.3) is 5.56 Å². The summed E-state index contributed by atoms with van der Waals surface area (Å²) in [6.07, 6.45) is 3.11. The van der Waals surface area contributed by atoms with Crippen LogP contribution in [0, 0.1) is 0 Å². The van der Waals surface area contributed by atoms with Crippen LogP contribution in [0.3, 0.4) is 0 Å². The zero-order valence-corrected chi connectivity index (χ0v) is 19.9. The van der Waals surface area contributed by atoms with E-state index in [1.165, 1.54) is 10.8 Å². The van der Waals surface area contributed by atoms with Crippen LogP contribution in [0.25, 0.3) is 16.6 Å². The van der Waals surface area contributed by atoms with E-state index in [9.17, 15) is 4.79 Å².